The predicted octanol–water partition coefficient (Wildman–Crippen LogP) is 0.673. The van der Waals surface area contributed by atoms with Crippen LogP contribution in [0.3, 0.4) is 0 Å². The number of carbonyl (C=O) groups is 1. The summed E-state index contributed by atoms with van der Waals surface area (Å²) in [6, 6.07) is 0. The quantitative estimate of drug-likeness (QED) is 0.681. The third kappa shape index (κ3) is 6.46. The average molecular weight is 237 g/mol. The normalized spacial score (nSPS) is 14.1. The molecule has 0 amide bonds. The second kappa shape index (κ2) is 6.07. The fraction of sp³-hybridized carbons (Fsp3) is 0.889. The highest BCUT2D eigenvalue weighted by Gasteiger charge is 2.20. The Balaban J connectivity index is 4.26. The molecule has 0 rings (SSSR count). The Hall–Kier alpha value is -0.620. The van der Waals surface area contributed by atoms with E-state index in [1.165, 1.54) is 6.92 Å². The Morgan fingerprint density at radius 3 is 2.27 bits per heavy atom. The van der Waals surface area contributed by atoms with Crippen LogP contribution in [0.4, 0.5) is 0 Å². The molecule has 0 aliphatic rings. The van der Waals surface area contributed by atoms with Crippen molar-refractivity contribution in [3.63, 3.8) is 0 Å². The van der Waals surface area contributed by atoms with Gasteiger partial charge in [0.25, 0.3) is 0 Å². The van der Waals surface area contributed by atoms with Crippen LogP contribution in [0.15, 0.2) is 0 Å². The molecule has 0 saturated heterocycles. The van der Waals surface area contributed by atoms with E-state index in [9.17, 15) is 13.2 Å². The van der Waals surface area contributed by atoms with Gasteiger partial charge in [-0.1, -0.05) is 13.8 Å². The van der Waals surface area contributed by atoms with Gasteiger partial charge in [-0.05, 0) is 19.3 Å². The summed E-state index contributed by atoms with van der Waals surface area (Å²) in [4.78, 5) is 10.8. The Kier molecular flexibility index (Phi) is 5.82. The second-order valence-corrected chi connectivity index (χ2v) is 6.01. The first-order valence-electron chi connectivity index (χ1n) is 4.98. The number of hydrogen-bond acceptors (Lipinski definition) is 3. The van der Waals surface area contributed by atoms with Gasteiger partial charge in [0.05, 0.1) is 11.7 Å². The summed E-state index contributed by atoms with van der Waals surface area (Å²) in [7, 11) is -3.30. The zero-order valence-electron chi connectivity index (χ0n) is 9.36. The summed E-state index contributed by atoms with van der Waals surface area (Å²) in [6.07, 6.45) is 0.474. The number of nitrogens with one attached hydrogen (secondary N) is 1. The van der Waals surface area contributed by atoms with Gasteiger partial charge >= 0.3 is 5.97 Å². The van der Waals surface area contributed by atoms with Crippen molar-refractivity contribution in [1.82, 2.24) is 4.72 Å². The number of aliphatic carboxylic acids is 1. The number of carboxylic acids is 1. The first-order chi connectivity index (χ1) is 6.78. The number of carboxylic acid groups (broad SMARTS) is 1. The lowest BCUT2D eigenvalue weighted by Crippen LogP contribution is -2.34. The number of rotatable bonds is 7. The number of hydrogen-bond donors (Lipinski definition) is 2. The average Bonchev–Trinajstić information content (AvgIpc) is 2.11. The number of sulfonamides is 1. The maximum Gasteiger partial charge on any atom is 0.307 e. The maximum absolute atomic E-state index is 11.1. The molecule has 1 atom stereocenters. The van der Waals surface area contributed by atoms with E-state index < -0.39 is 21.9 Å². The van der Waals surface area contributed by atoms with Crippen LogP contribution in [-0.2, 0) is 14.8 Å². The van der Waals surface area contributed by atoms with Gasteiger partial charge in [0.2, 0.25) is 10.0 Å². The van der Waals surface area contributed by atoms with Crippen LogP contribution < -0.4 is 4.72 Å². The molecule has 0 bridgehead atoms. The summed E-state index contributed by atoms with van der Waals surface area (Å²) in [5.74, 6) is -1.40. The van der Waals surface area contributed by atoms with Crippen molar-refractivity contribution in [3.05, 3.63) is 0 Å². The molecule has 90 valence electrons. The highest BCUT2D eigenvalue weighted by atomic mass is 32.2. The molecule has 5 nitrogen and oxygen atoms in total. The molecule has 6 heteroatoms. The van der Waals surface area contributed by atoms with Crippen molar-refractivity contribution >= 4 is 16.0 Å². The standard InChI is InChI=1S/C9H19NO4S/c1-4-15(13,14)10-6-8(9(11)12)5-7(2)3/h7-8,10H,4-6H2,1-3H3,(H,11,12). The van der Waals surface area contributed by atoms with E-state index in [-0.39, 0.29) is 18.2 Å². The summed E-state index contributed by atoms with van der Waals surface area (Å²) in [5.41, 5.74) is 0. The van der Waals surface area contributed by atoms with Crippen LogP contribution in [0.5, 0.6) is 0 Å². The molecule has 0 aliphatic carbocycles. The molecule has 2 N–H and O–H groups in total. The van der Waals surface area contributed by atoms with E-state index in [0.29, 0.717) is 6.42 Å². The molecule has 0 radical (unpaired) electrons. The van der Waals surface area contributed by atoms with Gasteiger partial charge in [-0.3, -0.25) is 4.79 Å². The first kappa shape index (κ1) is 14.4. The van der Waals surface area contributed by atoms with Gasteiger partial charge in [-0.2, -0.15) is 0 Å². The van der Waals surface area contributed by atoms with Crippen LogP contribution in [0.1, 0.15) is 27.2 Å². The fourth-order valence-corrected chi connectivity index (χ4v) is 1.83. The van der Waals surface area contributed by atoms with Crippen LogP contribution >= 0.6 is 0 Å². The Morgan fingerprint density at radius 1 is 1.40 bits per heavy atom. The molecular weight excluding hydrogens is 218 g/mol. The van der Waals surface area contributed by atoms with E-state index >= 15 is 0 Å². The minimum atomic E-state index is -3.30. The molecule has 0 aromatic rings. The Morgan fingerprint density at radius 2 is 1.93 bits per heavy atom. The highest BCUT2D eigenvalue weighted by molar-refractivity contribution is 7.89. The van der Waals surface area contributed by atoms with Crippen molar-refractivity contribution in [2.45, 2.75) is 27.2 Å². The molecule has 1 unspecified atom stereocenters. The van der Waals surface area contributed by atoms with Crippen molar-refractivity contribution in [2.75, 3.05) is 12.3 Å². The summed E-state index contributed by atoms with van der Waals surface area (Å²) >= 11 is 0. The molecule has 0 fully saturated rings. The van der Waals surface area contributed by atoms with Gasteiger partial charge in [0.1, 0.15) is 0 Å². The van der Waals surface area contributed by atoms with Crippen LogP contribution in [0, 0.1) is 11.8 Å². The summed E-state index contributed by atoms with van der Waals surface area (Å²) in [5, 5.41) is 8.86. The molecule has 0 spiro atoms. The molecule has 0 aromatic heterocycles. The van der Waals surface area contributed by atoms with Crippen molar-refractivity contribution in [1.29, 1.82) is 0 Å². The maximum atomic E-state index is 11.1. The van der Waals surface area contributed by atoms with E-state index in [2.05, 4.69) is 4.72 Å². The zero-order valence-corrected chi connectivity index (χ0v) is 10.2. The molecule has 0 aromatic carbocycles. The molecule has 15 heavy (non-hydrogen) atoms. The minimum Gasteiger partial charge on any atom is -0.481 e. The van der Waals surface area contributed by atoms with Gasteiger partial charge < -0.3 is 5.11 Å². The second-order valence-electron chi connectivity index (χ2n) is 3.92. The van der Waals surface area contributed by atoms with Crippen LogP contribution in [0.25, 0.3) is 0 Å². The largest absolute Gasteiger partial charge is 0.481 e. The molecule has 0 aliphatic heterocycles. The van der Waals surface area contributed by atoms with E-state index in [4.69, 9.17) is 5.11 Å². The van der Waals surface area contributed by atoms with E-state index in [0.717, 1.165) is 0 Å². The highest BCUT2D eigenvalue weighted by Crippen LogP contribution is 2.11. The lowest BCUT2D eigenvalue weighted by molar-refractivity contribution is -0.142. The third-order valence-electron chi connectivity index (χ3n) is 2.03. The van der Waals surface area contributed by atoms with Crippen molar-refractivity contribution in [3.8, 4) is 0 Å². The van der Waals surface area contributed by atoms with Crippen LogP contribution in [0.2, 0.25) is 0 Å². The van der Waals surface area contributed by atoms with Gasteiger partial charge in [-0.15, -0.1) is 0 Å². The lowest BCUT2D eigenvalue weighted by atomic mass is 9.98. The molecule has 0 heterocycles. The van der Waals surface area contributed by atoms with Crippen LogP contribution in [-0.4, -0.2) is 31.8 Å². The third-order valence-corrected chi connectivity index (χ3v) is 3.40. The predicted molar refractivity (Wildman–Crippen MR) is 58.0 cm³/mol. The molecule has 0 saturated carbocycles. The van der Waals surface area contributed by atoms with Crippen molar-refractivity contribution in [2.24, 2.45) is 11.8 Å². The monoisotopic (exact) mass is 237 g/mol. The van der Waals surface area contributed by atoms with Gasteiger partial charge in [0, 0.05) is 6.54 Å². The Bertz CT molecular complexity index is 297. The van der Waals surface area contributed by atoms with E-state index in [1.54, 1.807) is 0 Å². The minimum absolute atomic E-state index is 0.0241. The lowest BCUT2D eigenvalue weighted by Gasteiger charge is -2.14. The molecular formula is C9H19NO4S. The summed E-state index contributed by atoms with van der Waals surface area (Å²) < 4.78 is 24.5. The zero-order chi connectivity index (χ0) is 12.1. The Labute approximate surface area is 90.9 Å². The fourth-order valence-electron chi connectivity index (χ4n) is 1.17. The smallest absolute Gasteiger partial charge is 0.307 e. The summed E-state index contributed by atoms with van der Waals surface area (Å²) in [6.45, 7) is 5.30. The SMILES string of the molecule is CCS(=O)(=O)NCC(CC(C)C)C(=O)O. The van der Waals surface area contributed by atoms with E-state index in [1.807, 2.05) is 13.8 Å². The first-order valence-corrected chi connectivity index (χ1v) is 6.63. The van der Waals surface area contributed by atoms with Gasteiger partial charge in [-0.25, -0.2) is 13.1 Å². The topological polar surface area (TPSA) is 83.5 Å². The van der Waals surface area contributed by atoms with Crippen molar-refractivity contribution < 1.29 is 18.3 Å². The van der Waals surface area contributed by atoms with Gasteiger partial charge in [0.15, 0.2) is 0 Å².